The summed E-state index contributed by atoms with van der Waals surface area (Å²) in [7, 11) is -1.00. The third-order valence-corrected chi connectivity index (χ3v) is 6.14. The Morgan fingerprint density at radius 3 is 2.65 bits per heavy atom. The summed E-state index contributed by atoms with van der Waals surface area (Å²) in [6.07, 6.45) is 3.12. The minimum atomic E-state index is -1.00. The van der Waals surface area contributed by atoms with Crippen LogP contribution in [0.5, 0.6) is 0 Å². The molecule has 3 heteroatoms. The number of benzene rings is 2. The molecule has 2 aromatic rings. The fraction of sp³-hybridized carbons (Fsp3) is 0.412. The molecule has 106 valence electrons. The molecule has 0 aromatic heterocycles. The van der Waals surface area contributed by atoms with Gasteiger partial charge in [0.1, 0.15) is 0 Å². The fourth-order valence-corrected chi connectivity index (χ4v) is 4.82. The van der Waals surface area contributed by atoms with E-state index < -0.39 is 10.8 Å². The van der Waals surface area contributed by atoms with Gasteiger partial charge in [0.05, 0.1) is 16.0 Å². The topological polar surface area (TPSA) is 43.1 Å². The average molecular weight is 287 g/mol. The van der Waals surface area contributed by atoms with Crippen LogP contribution in [0.15, 0.2) is 47.4 Å². The quantitative estimate of drug-likeness (QED) is 0.919. The van der Waals surface area contributed by atoms with Crippen LogP contribution in [0.25, 0.3) is 10.8 Å². The van der Waals surface area contributed by atoms with Crippen molar-refractivity contribution in [2.45, 2.75) is 42.4 Å². The number of rotatable bonds is 2. The van der Waals surface area contributed by atoms with Crippen LogP contribution in [0.3, 0.4) is 0 Å². The summed E-state index contributed by atoms with van der Waals surface area (Å²) in [6, 6.07) is 14.4. The lowest BCUT2D eigenvalue weighted by molar-refractivity contribution is 0.353. The van der Waals surface area contributed by atoms with Gasteiger partial charge >= 0.3 is 0 Å². The molecule has 4 unspecified atom stereocenters. The molecular weight excluding hydrogens is 266 g/mol. The number of hydrogen-bond donors (Lipinski definition) is 1. The molecular formula is C17H21NOS. The van der Waals surface area contributed by atoms with Crippen molar-refractivity contribution in [2.75, 3.05) is 0 Å². The van der Waals surface area contributed by atoms with Crippen molar-refractivity contribution in [3.63, 3.8) is 0 Å². The van der Waals surface area contributed by atoms with E-state index >= 15 is 0 Å². The van der Waals surface area contributed by atoms with Crippen molar-refractivity contribution < 1.29 is 4.21 Å². The smallest absolute Gasteiger partial charge is 0.0576 e. The van der Waals surface area contributed by atoms with Crippen LogP contribution in [0.2, 0.25) is 0 Å². The lowest BCUT2D eigenvalue weighted by Crippen LogP contribution is -2.42. The maximum absolute atomic E-state index is 12.8. The predicted molar refractivity (Wildman–Crippen MR) is 85.1 cm³/mol. The molecule has 0 saturated heterocycles. The third-order valence-electron chi connectivity index (χ3n) is 4.33. The van der Waals surface area contributed by atoms with Gasteiger partial charge in [0.25, 0.3) is 0 Å². The maximum Gasteiger partial charge on any atom is 0.0576 e. The average Bonchev–Trinajstić information content (AvgIpc) is 2.48. The Hall–Kier alpha value is -1.19. The first-order chi connectivity index (χ1) is 9.65. The molecule has 0 bridgehead atoms. The Morgan fingerprint density at radius 1 is 1.10 bits per heavy atom. The van der Waals surface area contributed by atoms with Crippen molar-refractivity contribution in [3.8, 4) is 0 Å². The second kappa shape index (κ2) is 5.66. The van der Waals surface area contributed by atoms with Crippen molar-refractivity contribution in [2.24, 2.45) is 11.7 Å². The van der Waals surface area contributed by atoms with Gasteiger partial charge in [-0.15, -0.1) is 0 Å². The van der Waals surface area contributed by atoms with Crippen molar-refractivity contribution >= 4 is 21.6 Å². The van der Waals surface area contributed by atoms with E-state index in [1.807, 2.05) is 18.2 Å². The van der Waals surface area contributed by atoms with Crippen LogP contribution in [0.4, 0.5) is 0 Å². The van der Waals surface area contributed by atoms with Crippen molar-refractivity contribution in [1.82, 2.24) is 0 Å². The molecule has 20 heavy (non-hydrogen) atoms. The van der Waals surface area contributed by atoms with E-state index in [1.165, 1.54) is 5.39 Å². The lowest BCUT2D eigenvalue weighted by Gasteiger charge is -2.31. The maximum atomic E-state index is 12.8. The molecule has 0 spiro atoms. The third kappa shape index (κ3) is 2.65. The molecule has 1 aliphatic rings. The summed E-state index contributed by atoms with van der Waals surface area (Å²) in [5.74, 6) is 0.629. The molecule has 0 amide bonds. The lowest BCUT2D eigenvalue weighted by atomic mass is 9.87. The predicted octanol–water partition coefficient (Wildman–Crippen LogP) is 3.46. The Bertz CT molecular complexity index is 640. The van der Waals surface area contributed by atoms with Crippen molar-refractivity contribution in [1.29, 1.82) is 0 Å². The molecule has 1 saturated carbocycles. The molecule has 1 fully saturated rings. The minimum Gasteiger partial charge on any atom is -0.327 e. The first kappa shape index (κ1) is 13.8. The van der Waals surface area contributed by atoms with E-state index in [0.29, 0.717) is 5.92 Å². The van der Waals surface area contributed by atoms with Gasteiger partial charge in [0.2, 0.25) is 0 Å². The zero-order valence-electron chi connectivity index (χ0n) is 11.8. The van der Waals surface area contributed by atoms with E-state index in [4.69, 9.17) is 5.73 Å². The first-order valence-electron chi connectivity index (χ1n) is 7.30. The second-order valence-electron chi connectivity index (χ2n) is 5.93. The van der Waals surface area contributed by atoms with E-state index in [-0.39, 0.29) is 11.3 Å². The van der Waals surface area contributed by atoms with Gasteiger partial charge in [-0.3, -0.25) is 4.21 Å². The summed E-state index contributed by atoms with van der Waals surface area (Å²) < 4.78 is 12.8. The Morgan fingerprint density at radius 2 is 1.85 bits per heavy atom. The van der Waals surface area contributed by atoms with Crippen LogP contribution in [0, 0.1) is 5.92 Å². The van der Waals surface area contributed by atoms with Gasteiger partial charge in [0.15, 0.2) is 0 Å². The Kier molecular flexibility index (Phi) is 3.90. The summed E-state index contributed by atoms with van der Waals surface area (Å²) >= 11 is 0. The first-order valence-corrected chi connectivity index (χ1v) is 8.51. The van der Waals surface area contributed by atoms with Crippen LogP contribution < -0.4 is 5.73 Å². The zero-order chi connectivity index (χ0) is 14.1. The molecule has 4 atom stereocenters. The second-order valence-corrected chi connectivity index (χ2v) is 7.60. The number of hydrogen-bond acceptors (Lipinski definition) is 2. The molecule has 2 nitrogen and oxygen atoms in total. The number of nitrogens with two attached hydrogens (primary N) is 1. The van der Waals surface area contributed by atoms with Crippen LogP contribution >= 0.6 is 0 Å². The van der Waals surface area contributed by atoms with Gasteiger partial charge in [0, 0.05) is 10.9 Å². The monoisotopic (exact) mass is 287 g/mol. The van der Waals surface area contributed by atoms with E-state index in [9.17, 15) is 4.21 Å². The summed E-state index contributed by atoms with van der Waals surface area (Å²) in [5.41, 5.74) is 6.20. The highest BCUT2D eigenvalue weighted by Gasteiger charge is 2.31. The van der Waals surface area contributed by atoms with Gasteiger partial charge in [-0.25, -0.2) is 0 Å². The Balaban J connectivity index is 1.91. The number of fused-ring (bicyclic) bond motifs is 1. The largest absolute Gasteiger partial charge is 0.327 e. The molecule has 0 radical (unpaired) electrons. The highest BCUT2D eigenvalue weighted by atomic mass is 32.2. The molecule has 2 aromatic carbocycles. The molecule has 3 rings (SSSR count). The van der Waals surface area contributed by atoms with E-state index in [0.717, 1.165) is 29.5 Å². The summed E-state index contributed by atoms with van der Waals surface area (Å²) in [4.78, 5) is 0.915. The van der Waals surface area contributed by atoms with Gasteiger partial charge in [-0.05, 0) is 48.1 Å². The molecule has 2 N–H and O–H groups in total. The zero-order valence-corrected chi connectivity index (χ0v) is 12.6. The SMILES string of the molecule is CC1CCC(N)C(S(=O)c2ccc3ccccc3c2)C1. The molecule has 0 aliphatic heterocycles. The Labute approximate surface area is 122 Å². The summed E-state index contributed by atoms with van der Waals surface area (Å²) in [5, 5.41) is 2.44. The highest BCUT2D eigenvalue weighted by molar-refractivity contribution is 7.85. The van der Waals surface area contributed by atoms with Crippen LogP contribution in [-0.2, 0) is 10.8 Å². The highest BCUT2D eigenvalue weighted by Crippen LogP contribution is 2.30. The van der Waals surface area contributed by atoms with Crippen molar-refractivity contribution in [3.05, 3.63) is 42.5 Å². The van der Waals surface area contributed by atoms with Crippen LogP contribution in [-0.4, -0.2) is 15.5 Å². The molecule has 1 aliphatic carbocycles. The van der Waals surface area contributed by atoms with Crippen LogP contribution in [0.1, 0.15) is 26.2 Å². The standard InChI is InChI=1S/C17H21NOS/c1-12-6-9-16(18)17(10-12)20(19)15-8-7-13-4-2-3-5-14(13)11-15/h2-5,7-8,11-12,16-17H,6,9-10,18H2,1H3. The summed E-state index contributed by atoms with van der Waals surface area (Å²) in [6.45, 7) is 2.23. The molecule has 0 heterocycles. The van der Waals surface area contributed by atoms with E-state index in [2.05, 4.69) is 31.2 Å². The van der Waals surface area contributed by atoms with Gasteiger partial charge < -0.3 is 5.73 Å². The van der Waals surface area contributed by atoms with Gasteiger partial charge in [-0.2, -0.15) is 0 Å². The van der Waals surface area contributed by atoms with Gasteiger partial charge in [-0.1, -0.05) is 37.3 Å². The van der Waals surface area contributed by atoms with E-state index in [1.54, 1.807) is 0 Å². The fourth-order valence-electron chi connectivity index (χ4n) is 3.07. The minimum absolute atomic E-state index is 0.0681. The normalized spacial score (nSPS) is 28.4.